The van der Waals surface area contributed by atoms with Crippen molar-refractivity contribution in [2.24, 2.45) is 0 Å². The summed E-state index contributed by atoms with van der Waals surface area (Å²) < 4.78 is 41.4. The first-order valence-corrected chi connectivity index (χ1v) is 5.66. The Hall–Kier alpha value is -1.04. The number of alkyl halides is 3. The standard InChI is InChI=1S/C11H10BrF3O2/c12-9-2-3-10(8(6-9)7-16)17-5-1-4-11(13,14)15/h2-3,6-7H,1,4-5H2. The van der Waals surface area contributed by atoms with Crippen molar-refractivity contribution in [3.63, 3.8) is 0 Å². The number of carbonyl (C=O) groups is 1. The van der Waals surface area contributed by atoms with Crippen LogP contribution in [-0.4, -0.2) is 19.1 Å². The Balaban J connectivity index is 2.49. The van der Waals surface area contributed by atoms with Gasteiger partial charge in [-0.05, 0) is 24.6 Å². The summed E-state index contributed by atoms with van der Waals surface area (Å²) in [5.41, 5.74) is 0.311. The predicted octanol–water partition coefficient (Wildman–Crippen LogP) is 3.98. The number of ether oxygens (including phenoxy) is 1. The molecule has 0 amide bonds. The van der Waals surface area contributed by atoms with E-state index in [4.69, 9.17) is 4.74 Å². The van der Waals surface area contributed by atoms with Gasteiger partial charge in [0.05, 0.1) is 12.2 Å². The molecule has 2 nitrogen and oxygen atoms in total. The first-order valence-electron chi connectivity index (χ1n) is 4.86. The van der Waals surface area contributed by atoms with Gasteiger partial charge in [0.25, 0.3) is 0 Å². The van der Waals surface area contributed by atoms with Crippen LogP contribution in [0.15, 0.2) is 22.7 Å². The van der Waals surface area contributed by atoms with Gasteiger partial charge in [0, 0.05) is 10.9 Å². The van der Waals surface area contributed by atoms with E-state index in [1.807, 2.05) is 0 Å². The number of aldehydes is 1. The Kier molecular flexibility index (Phi) is 4.99. The molecule has 0 radical (unpaired) electrons. The van der Waals surface area contributed by atoms with Crippen molar-refractivity contribution < 1.29 is 22.7 Å². The van der Waals surface area contributed by atoms with Crippen LogP contribution in [0.2, 0.25) is 0 Å². The summed E-state index contributed by atoms with van der Waals surface area (Å²) >= 11 is 3.18. The second-order valence-electron chi connectivity index (χ2n) is 3.37. The van der Waals surface area contributed by atoms with E-state index in [2.05, 4.69) is 15.9 Å². The van der Waals surface area contributed by atoms with Crippen molar-refractivity contribution in [3.05, 3.63) is 28.2 Å². The number of hydrogen-bond acceptors (Lipinski definition) is 2. The summed E-state index contributed by atoms with van der Waals surface area (Å²) in [6.45, 7) is -0.0675. The van der Waals surface area contributed by atoms with E-state index in [1.54, 1.807) is 18.2 Å². The highest BCUT2D eigenvalue weighted by atomic mass is 79.9. The molecule has 0 aliphatic heterocycles. The quantitative estimate of drug-likeness (QED) is 0.607. The molecule has 0 heterocycles. The lowest BCUT2D eigenvalue weighted by Gasteiger charge is -2.09. The molecule has 1 aromatic rings. The number of halogens is 4. The summed E-state index contributed by atoms with van der Waals surface area (Å²) in [6.07, 6.45) is -4.59. The fourth-order valence-corrected chi connectivity index (χ4v) is 1.58. The van der Waals surface area contributed by atoms with Crippen LogP contribution in [-0.2, 0) is 0 Å². The molecular weight excluding hydrogens is 301 g/mol. The summed E-state index contributed by atoms with van der Waals surface area (Å²) in [5, 5.41) is 0. The monoisotopic (exact) mass is 310 g/mol. The van der Waals surface area contributed by atoms with Crippen LogP contribution >= 0.6 is 15.9 Å². The van der Waals surface area contributed by atoms with Gasteiger partial charge in [-0.2, -0.15) is 13.2 Å². The van der Waals surface area contributed by atoms with Crippen LogP contribution in [0.4, 0.5) is 13.2 Å². The number of carbonyl (C=O) groups excluding carboxylic acids is 1. The van der Waals surface area contributed by atoms with E-state index in [0.29, 0.717) is 22.1 Å². The van der Waals surface area contributed by atoms with Crippen LogP contribution in [0, 0.1) is 0 Å². The van der Waals surface area contributed by atoms with Gasteiger partial charge >= 0.3 is 6.18 Å². The van der Waals surface area contributed by atoms with E-state index < -0.39 is 12.6 Å². The third kappa shape index (κ3) is 5.21. The Bertz CT molecular complexity index is 391. The fraction of sp³-hybridized carbons (Fsp3) is 0.364. The second-order valence-corrected chi connectivity index (χ2v) is 4.28. The molecule has 0 aliphatic rings. The van der Waals surface area contributed by atoms with Gasteiger partial charge in [-0.1, -0.05) is 15.9 Å². The minimum absolute atomic E-state index is 0.0675. The average Bonchev–Trinajstić information content (AvgIpc) is 2.24. The number of rotatable bonds is 5. The van der Waals surface area contributed by atoms with Gasteiger partial charge in [0.2, 0.25) is 0 Å². The zero-order valence-corrected chi connectivity index (χ0v) is 10.3. The molecule has 0 aliphatic carbocycles. The minimum Gasteiger partial charge on any atom is -0.493 e. The summed E-state index contributed by atoms with van der Waals surface area (Å²) in [7, 11) is 0. The zero-order chi connectivity index (χ0) is 12.9. The molecule has 0 bridgehead atoms. The maximum Gasteiger partial charge on any atom is 0.389 e. The lowest BCUT2D eigenvalue weighted by Crippen LogP contribution is -2.10. The highest BCUT2D eigenvalue weighted by Crippen LogP contribution is 2.24. The molecule has 0 saturated heterocycles. The topological polar surface area (TPSA) is 26.3 Å². The van der Waals surface area contributed by atoms with Crippen LogP contribution in [0.25, 0.3) is 0 Å². The Labute approximate surface area is 105 Å². The van der Waals surface area contributed by atoms with Gasteiger partial charge in [0.1, 0.15) is 5.75 Å². The van der Waals surface area contributed by atoms with Crippen LogP contribution in [0.1, 0.15) is 23.2 Å². The van der Waals surface area contributed by atoms with Gasteiger partial charge in [-0.3, -0.25) is 4.79 Å². The highest BCUT2D eigenvalue weighted by Gasteiger charge is 2.26. The molecule has 0 unspecified atom stereocenters. The maximum atomic E-state index is 11.9. The molecule has 0 fully saturated rings. The van der Waals surface area contributed by atoms with Crippen molar-refractivity contribution in [1.29, 1.82) is 0 Å². The molecule has 6 heteroatoms. The lowest BCUT2D eigenvalue weighted by molar-refractivity contribution is -0.136. The molecule has 0 atom stereocenters. The van der Waals surface area contributed by atoms with Crippen molar-refractivity contribution >= 4 is 22.2 Å². The summed E-state index contributed by atoms with van der Waals surface area (Å²) in [6, 6.07) is 4.75. The van der Waals surface area contributed by atoms with Gasteiger partial charge in [-0.15, -0.1) is 0 Å². The zero-order valence-electron chi connectivity index (χ0n) is 8.76. The van der Waals surface area contributed by atoms with Crippen molar-refractivity contribution in [1.82, 2.24) is 0 Å². The molecule has 0 spiro atoms. The molecule has 1 aromatic carbocycles. The molecule has 1 rings (SSSR count). The van der Waals surface area contributed by atoms with Crippen molar-refractivity contribution in [3.8, 4) is 5.75 Å². The number of hydrogen-bond donors (Lipinski definition) is 0. The SMILES string of the molecule is O=Cc1cc(Br)ccc1OCCCC(F)(F)F. The lowest BCUT2D eigenvalue weighted by atomic mass is 10.2. The predicted molar refractivity (Wildman–Crippen MR) is 60.3 cm³/mol. The molecule has 17 heavy (non-hydrogen) atoms. The van der Waals surface area contributed by atoms with Crippen LogP contribution in [0.5, 0.6) is 5.75 Å². The smallest absolute Gasteiger partial charge is 0.389 e. The van der Waals surface area contributed by atoms with Crippen molar-refractivity contribution in [2.75, 3.05) is 6.61 Å². The molecule has 94 valence electrons. The van der Waals surface area contributed by atoms with E-state index in [1.165, 1.54) is 0 Å². The van der Waals surface area contributed by atoms with E-state index in [-0.39, 0.29) is 13.0 Å². The van der Waals surface area contributed by atoms with Gasteiger partial charge in [-0.25, -0.2) is 0 Å². The first-order chi connectivity index (χ1) is 7.92. The Morgan fingerprint density at radius 3 is 2.65 bits per heavy atom. The Morgan fingerprint density at radius 2 is 2.06 bits per heavy atom. The van der Waals surface area contributed by atoms with E-state index in [0.717, 1.165) is 0 Å². The minimum atomic E-state index is -4.17. The van der Waals surface area contributed by atoms with Gasteiger partial charge in [0.15, 0.2) is 6.29 Å². The average molecular weight is 311 g/mol. The second kappa shape index (κ2) is 6.05. The van der Waals surface area contributed by atoms with Gasteiger partial charge < -0.3 is 4.74 Å². The van der Waals surface area contributed by atoms with Crippen LogP contribution in [0.3, 0.4) is 0 Å². The Morgan fingerprint density at radius 1 is 1.35 bits per heavy atom. The fourth-order valence-electron chi connectivity index (χ4n) is 1.20. The first kappa shape index (κ1) is 14.0. The maximum absolute atomic E-state index is 11.9. The molecule has 0 aromatic heterocycles. The van der Waals surface area contributed by atoms with E-state index in [9.17, 15) is 18.0 Å². The highest BCUT2D eigenvalue weighted by molar-refractivity contribution is 9.10. The number of benzene rings is 1. The molecular formula is C11H10BrF3O2. The largest absolute Gasteiger partial charge is 0.493 e. The van der Waals surface area contributed by atoms with Crippen molar-refractivity contribution in [2.45, 2.75) is 19.0 Å². The molecule has 0 saturated carbocycles. The van der Waals surface area contributed by atoms with E-state index >= 15 is 0 Å². The van der Waals surface area contributed by atoms with Crippen LogP contribution < -0.4 is 4.74 Å². The third-order valence-corrected chi connectivity index (χ3v) is 2.45. The summed E-state index contributed by atoms with van der Waals surface area (Å²) in [5.74, 6) is 0.297. The third-order valence-electron chi connectivity index (χ3n) is 1.96. The normalized spacial score (nSPS) is 11.3. The molecule has 0 N–H and O–H groups in total. The summed E-state index contributed by atoms with van der Waals surface area (Å²) in [4.78, 5) is 10.7.